The number of hydrogen-bond donors (Lipinski definition) is 2. The lowest BCUT2D eigenvalue weighted by atomic mass is 9.98. The standard InChI is InChI=1S/C29H24ClN3O3S/c1-3-17(2)19-9-12-25-23(16-19)32-28(36-25)18-7-10-22(11-8-18)31-29(37)33-27(34)26-14-13-24(35-26)20-5-4-6-21(30)15-20/h4-17H,3H2,1-2H3,(H2,31,33,34,37)/t17-/m1/s1. The molecule has 0 saturated carbocycles. The number of furan rings is 1. The number of benzene rings is 3. The highest BCUT2D eigenvalue weighted by molar-refractivity contribution is 7.80. The minimum absolute atomic E-state index is 0.141. The molecule has 37 heavy (non-hydrogen) atoms. The molecule has 0 spiro atoms. The summed E-state index contributed by atoms with van der Waals surface area (Å²) in [5, 5.41) is 6.38. The van der Waals surface area contributed by atoms with Crippen LogP contribution < -0.4 is 10.6 Å². The maximum absolute atomic E-state index is 12.6. The SMILES string of the molecule is CC[C@@H](C)c1ccc2oc(-c3ccc(NC(=S)NC(=O)c4ccc(-c5cccc(Cl)c5)o4)cc3)nc2c1. The summed E-state index contributed by atoms with van der Waals surface area (Å²) in [4.78, 5) is 17.3. The first kappa shape index (κ1) is 24.7. The van der Waals surface area contributed by atoms with E-state index in [9.17, 15) is 4.79 Å². The topological polar surface area (TPSA) is 80.3 Å². The van der Waals surface area contributed by atoms with Gasteiger partial charge in [0.15, 0.2) is 16.5 Å². The van der Waals surface area contributed by atoms with Crippen LogP contribution in [0.1, 0.15) is 42.3 Å². The second-order valence-electron chi connectivity index (χ2n) is 8.72. The molecule has 0 saturated heterocycles. The van der Waals surface area contributed by atoms with Crippen molar-refractivity contribution >= 4 is 51.6 Å². The Labute approximate surface area is 224 Å². The maximum atomic E-state index is 12.6. The van der Waals surface area contributed by atoms with E-state index in [0.29, 0.717) is 28.3 Å². The summed E-state index contributed by atoms with van der Waals surface area (Å²) in [6.07, 6.45) is 1.07. The Morgan fingerprint density at radius 1 is 1.00 bits per heavy atom. The van der Waals surface area contributed by atoms with Gasteiger partial charge in [-0.3, -0.25) is 10.1 Å². The molecule has 2 aromatic heterocycles. The van der Waals surface area contributed by atoms with Crippen molar-refractivity contribution < 1.29 is 13.6 Å². The smallest absolute Gasteiger partial charge is 0.293 e. The van der Waals surface area contributed by atoms with Crippen LogP contribution >= 0.6 is 23.8 Å². The maximum Gasteiger partial charge on any atom is 0.293 e. The molecule has 0 unspecified atom stereocenters. The molecular weight excluding hydrogens is 506 g/mol. The van der Waals surface area contributed by atoms with Gasteiger partial charge in [0.2, 0.25) is 5.89 Å². The van der Waals surface area contributed by atoms with Crippen LogP contribution in [-0.2, 0) is 0 Å². The summed E-state index contributed by atoms with van der Waals surface area (Å²) in [5.41, 5.74) is 5.18. The Hall–Kier alpha value is -3.94. The molecule has 2 N–H and O–H groups in total. The number of anilines is 1. The zero-order valence-electron chi connectivity index (χ0n) is 20.2. The molecule has 5 rings (SSSR count). The van der Waals surface area contributed by atoms with Crippen molar-refractivity contribution in [1.29, 1.82) is 0 Å². The molecule has 0 aliphatic rings. The Bertz CT molecular complexity index is 1590. The van der Waals surface area contributed by atoms with Gasteiger partial charge in [-0.2, -0.15) is 0 Å². The van der Waals surface area contributed by atoms with Gasteiger partial charge < -0.3 is 14.2 Å². The fraction of sp³-hybridized carbons (Fsp3) is 0.138. The number of nitrogens with zero attached hydrogens (tertiary/aromatic N) is 1. The van der Waals surface area contributed by atoms with Crippen molar-refractivity contribution in [2.75, 3.05) is 5.32 Å². The number of nitrogens with one attached hydrogen (secondary N) is 2. The highest BCUT2D eigenvalue weighted by atomic mass is 35.5. The van der Waals surface area contributed by atoms with E-state index in [0.717, 1.165) is 28.6 Å². The van der Waals surface area contributed by atoms with E-state index in [-0.39, 0.29) is 10.9 Å². The number of rotatable bonds is 6. The van der Waals surface area contributed by atoms with Gasteiger partial charge in [-0.05, 0) is 90.8 Å². The average molecular weight is 530 g/mol. The highest BCUT2D eigenvalue weighted by Crippen LogP contribution is 2.29. The van der Waals surface area contributed by atoms with E-state index < -0.39 is 5.91 Å². The Morgan fingerprint density at radius 3 is 2.57 bits per heavy atom. The monoisotopic (exact) mass is 529 g/mol. The number of halogens is 1. The highest BCUT2D eigenvalue weighted by Gasteiger charge is 2.15. The lowest BCUT2D eigenvalue weighted by Gasteiger charge is -2.09. The summed E-state index contributed by atoms with van der Waals surface area (Å²) in [6, 6.07) is 24.1. The van der Waals surface area contributed by atoms with Crippen LogP contribution in [0.25, 0.3) is 33.9 Å². The fourth-order valence-electron chi connectivity index (χ4n) is 3.89. The molecule has 0 aliphatic heterocycles. The summed E-state index contributed by atoms with van der Waals surface area (Å²) in [7, 11) is 0. The number of oxazole rings is 1. The summed E-state index contributed by atoms with van der Waals surface area (Å²) >= 11 is 11.3. The molecule has 2 heterocycles. The fourth-order valence-corrected chi connectivity index (χ4v) is 4.29. The summed E-state index contributed by atoms with van der Waals surface area (Å²) < 4.78 is 11.6. The molecule has 186 valence electrons. The number of fused-ring (bicyclic) bond motifs is 1. The molecule has 3 aromatic carbocycles. The minimum atomic E-state index is -0.453. The van der Waals surface area contributed by atoms with Gasteiger partial charge in [-0.1, -0.05) is 43.6 Å². The molecule has 0 bridgehead atoms. The van der Waals surface area contributed by atoms with E-state index >= 15 is 0 Å². The van der Waals surface area contributed by atoms with Crippen molar-refractivity contribution in [1.82, 2.24) is 10.3 Å². The van der Waals surface area contributed by atoms with Crippen LogP contribution in [-0.4, -0.2) is 16.0 Å². The average Bonchev–Trinajstić information content (AvgIpc) is 3.56. The first-order chi connectivity index (χ1) is 17.9. The molecule has 0 aliphatic carbocycles. The number of thiocarbonyl (C=S) groups is 1. The van der Waals surface area contributed by atoms with Crippen LogP contribution in [0.3, 0.4) is 0 Å². The van der Waals surface area contributed by atoms with E-state index in [1.54, 1.807) is 24.3 Å². The second-order valence-corrected chi connectivity index (χ2v) is 9.56. The van der Waals surface area contributed by atoms with Gasteiger partial charge in [0, 0.05) is 21.8 Å². The largest absolute Gasteiger partial charge is 0.451 e. The lowest BCUT2D eigenvalue weighted by molar-refractivity contribution is 0.0951. The van der Waals surface area contributed by atoms with E-state index in [1.807, 2.05) is 42.5 Å². The van der Waals surface area contributed by atoms with E-state index in [4.69, 9.17) is 32.7 Å². The molecule has 6 nitrogen and oxygen atoms in total. The second kappa shape index (κ2) is 10.6. The predicted octanol–water partition coefficient (Wildman–Crippen LogP) is 8.05. The van der Waals surface area contributed by atoms with Gasteiger partial charge in [0.25, 0.3) is 5.91 Å². The third-order valence-corrected chi connectivity index (χ3v) is 6.59. The van der Waals surface area contributed by atoms with Crippen LogP contribution in [0.15, 0.2) is 87.7 Å². The molecule has 1 amide bonds. The van der Waals surface area contributed by atoms with Crippen molar-refractivity contribution in [2.45, 2.75) is 26.2 Å². The third kappa shape index (κ3) is 5.58. The molecule has 1 atom stereocenters. The minimum Gasteiger partial charge on any atom is -0.451 e. The van der Waals surface area contributed by atoms with Gasteiger partial charge >= 0.3 is 0 Å². The summed E-state index contributed by atoms with van der Waals surface area (Å²) in [6.45, 7) is 4.37. The van der Waals surface area contributed by atoms with Crippen LogP contribution in [0.2, 0.25) is 5.02 Å². The van der Waals surface area contributed by atoms with Gasteiger partial charge in [0.1, 0.15) is 11.3 Å². The van der Waals surface area contributed by atoms with E-state index in [2.05, 4.69) is 41.6 Å². The lowest BCUT2D eigenvalue weighted by Crippen LogP contribution is -2.33. The Kier molecular flexibility index (Phi) is 7.08. The number of aromatic nitrogens is 1. The molecule has 0 radical (unpaired) electrons. The van der Waals surface area contributed by atoms with Crippen LogP contribution in [0.5, 0.6) is 0 Å². The zero-order valence-corrected chi connectivity index (χ0v) is 21.8. The van der Waals surface area contributed by atoms with Gasteiger partial charge in [-0.15, -0.1) is 0 Å². The molecule has 5 aromatic rings. The van der Waals surface area contributed by atoms with Crippen LogP contribution in [0, 0.1) is 0 Å². The molecule has 0 fully saturated rings. The number of hydrogen-bond acceptors (Lipinski definition) is 5. The molecular formula is C29H24ClN3O3S. The Balaban J connectivity index is 1.22. The quantitative estimate of drug-likeness (QED) is 0.217. The van der Waals surface area contributed by atoms with E-state index in [1.165, 1.54) is 5.56 Å². The normalized spacial score (nSPS) is 11.9. The van der Waals surface area contributed by atoms with Crippen molar-refractivity contribution in [3.05, 3.63) is 95.2 Å². The van der Waals surface area contributed by atoms with Crippen molar-refractivity contribution in [3.8, 4) is 22.8 Å². The number of amides is 1. The van der Waals surface area contributed by atoms with Gasteiger partial charge in [0.05, 0.1) is 0 Å². The number of carbonyl (C=O) groups is 1. The van der Waals surface area contributed by atoms with Crippen molar-refractivity contribution in [2.24, 2.45) is 0 Å². The molecule has 8 heteroatoms. The Morgan fingerprint density at radius 2 is 1.81 bits per heavy atom. The third-order valence-electron chi connectivity index (χ3n) is 6.15. The zero-order chi connectivity index (χ0) is 25.9. The first-order valence-corrected chi connectivity index (χ1v) is 12.7. The first-order valence-electron chi connectivity index (χ1n) is 11.9. The number of carbonyl (C=O) groups excluding carboxylic acids is 1. The van der Waals surface area contributed by atoms with Crippen LogP contribution in [0.4, 0.5) is 5.69 Å². The van der Waals surface area contributed by atoms with Crippen molar-refractivity contribution in [3.63, 3.8) is 0 Å². The van der Waals surface area contributed by atoms with Gasteiger partial charge in [-0.25, -0.2) is 4.98 Å². The predicted molar refractivity (Wildman–Crippen MR) is 151 cm³/mol. The summed E-state index contributed by atoms with van der Waals surface area (Å²) in [5.74, 6) is 1.24.